The average Bonchev–Trinajstić information content (AvgIpc) is 2.74. The highest BCUT2D eigenvalue weighted by atomic mass is 127. The third-order valence-corrected chi connectivity index (χ3v) is 4.43. The second-order valence-corrected chi connectivity index (χ2v) is 6.44. The van der Waals surface area contributed by atoms with Crippen molar-refractivity contribution in [2.24, 2.45) is 4.99 Å². The van der Waals surface area contributed by atoms with Crippen LogP contribution in [0.2, 0.25) is 0 Å². The van der Waals surface area contributed by atoms with Gasteiger partial charge in [0.05, 0.1) is 0 Å². The molecule has 1 aromatic carbocycles. The first kappa shape index (κ1) is 24.0. The van der Waals surface area contributed by atoms with Gasteiger partial charge in [-0.05, 0) is 12.1 Å². The van der Waals surface area contributed by atoms with E-state index in [1.807, 2.05) is 0 Å². The highest BCUT2D eigenvalue weighted by Crippen LogP contribution is 2.22. The lowest BCUT2D eigenvalue weighted by Gasteiger charge is -2.36. The van der Waals surface area contributed by atoms with Crippen LogP contribution in [-0.4, -0.2) is 66.8 Å². The van der Waals surface area contributed by atoms with E-state index < -0.39 is 12.8 Å². The number of nitrogens with one attached hydrogen (secondary N) is 1. The molecule has 1 aromatic heterocycles. The second-order valence-electron chi connectivity index (χ2n) is 6.44. The predicted octanol–water partition coefficient (Wildman–Crippen LogP) is 2.93. The summed E-state index contributed by atoms with van der Waals surface area (Å²) < 4.78 is 42.3. The van der Waals surface area contributed by atoms with Crippen molar-refractivity contribution in [3.63, 3.8) is 0 Å². The lowest BCUT2D eigenvalue weighted by Crippen LogP contribution is -2.52. The maximum absolute atomic E-state index is 12.5. The van der Waals surface area contributed by atoms with Crippen LogP contribution in [0.25, 0.3) is 0 Å². The summed E-state index contributed by atoms with van der Waals surface area (Å²) in [5, 5.41) is 3.21. The van der Waals surface area contributed by atoms with Gasteiger partial charge in [0, 0.05) is 57.7 Å². The first-order valence-electron chi connectivity index (χ1n) is 9.21. The van der Waals surface area contributed by atoms with Crippen LogP contribution in [0.4, 0.5) is 19.1 Å². The number of piperazine rings is 1. The summed E-state index contributed by atoms with van der Waals surface area (Å²) in [6, 6.07) is 8.45. The number of alkyl halides is 3. The maximum atomic E-state index is 12.5. The van der Waals surface area contributed by atoms with E-state index in [2.05, 4.69) is 30.1 Å². The van der Waals surface area contributed by atoms with Crippen LogP contribution in [0.3, 0.4) is 0 Å². The van der Waals surface area contributed by atoms with Crippen molar-refractivity contribution in [3.8, 4) is 5.75 Å². The van der Waals surface area contributed by atoms with Crippen molar-refractivity contribution in [1.82, 2.24) is 20.2 Å². The summed E-state index contributed by atoms with van der Waals surface area (Å²) in [4.78, 5) is 17.0. The van der Waals surface area contributed by atoms with Gasteiger partial charge in [-0.2, -0.15) is 13.2 Å². The fraction of sp³-hybridized carbons (Fsp3) is 0.421. The molecule has 30 heavy (non-hydrogen) atoms. The molecule has 0 saturated carbocycles. The number of benzene rings is 1. The number of nitrogens with zero attached hydrogens (tertiary/aromatic N) is 5. The molecule has 1 N–H and O–H groups in total. The molecular weight excluding hydrogens is 512 g/mol. The molecule has 0 bridgehead atoms. The van der Waals surface area contributed by atoms with E-state index in [9.17, 15) is 13.2 Å². The number of ether oxygens (including phenoxy) is 1. The number of aromatic nitrogens is 2. The van der Waals surface area contributed by atoms with E-state index >= 15 is 0 Å². The van der Waals surface area contributed by atoms with Gasteiger partial charge in [0.25, 0.3) is 0 Å². The van der Waals surface area contributed by atoms with E-state index in [-0.39, 0.29) is 29.7 Å². The molecule has 1 saturated heterocycles. The minimum Gasteiger partial charge on any atom is -0.484 e. The van der Waals surface area contributed by atoms with Crippen molar-refractivity contribution in [3.05, 3.63) is 48.3 Å². The fourth-order valence-corrected chi connectivity index (χ4v) is 3.03. The van der Waals surface area contributed by atoms with Crippen LogP contribution in [0.5, 0.6) is 5.75 Å². The molecule has 3 rings (SSSR count). The summed E-state index contributed by atoms with van der Waals surface area (Å²) >= 11 is 0. The van der Waals surface area contributed by atoms with Crippen molar-refractivity contribution in [1.29, 1.82) is 0 Å². The molecule has 0 spiro atoms. The summed E-state index contributed by atoms with van der Waals surface area (Å²) in [6.45, 7) is 1.94. The zero-order valence-electron chi connectivity index (χ0n) is 16.5. The molecule has 0 amide bonds. The lowest BCUT2D eigenvalue weighted by atomic mass is 10.2. The maximum Gasteiger partial charge on any atom is 0.422 e. The molecular formula is C19H24F3IN6O. The molecule has 2 heterocycles. The minimum absolute atomic E-state index is 0. The number of rotatable bonds is 5. The van der Waals surface area contributed by atoms with E-state index in [0.29, 0.717) is 24.0 Å². The van der Waals surface area contributed by atoms with Gasteiger partial charge >= 0.3 is 6.18 Å². The van der Waals surface area contributed by atoms with Gasteiger partial charge in [-0.15, -0.1) is 24.0 Å². The first-order valence-corrected chi connectivity index (χ1v) is 9.21. The standard InChI is InChI=1S/C19H23F3N6O.HI/c1-23-17(27-9-11-28(12-10-27)18-24-7-4-8-25-18)26-13-15-5-2-3-6-16(15)29-14-19(20,21)22;/h2-8H,9-14H2,1H3,(H,23,26);1H. The van der Waals surface area contributed by atoms with Gasteiger partial charge in [-0.25, -0.2) is 9.97 Å². The van der Waals surface area contributed by atoms with E-state index in [1.54, 1.807) is 43.7 Å². The van der Waals surface area contributed by atoms with Gasteiger partial charge in [-0.1, -0.05) is 18.2 Å². The molecule has 1 aliphatic rings. The van der Waals surface area contributed by atoms with Gasteiger partial charge < -0.3 is 19.9 Å². The van der Waals surface area contributed by atoms with Crippen LogP contribution in [0.1, 0.15) is 5.56 Å². The molecule has 11 heteroatoms. The highest BCUT2D eigenvalue weighted by Gasteiger charge is 2.29. The monoisotopic (exact) mass is 536 g/mol. The normalized spacial score (nSPS) is 14.9. The number of halogens is 4. The quantitative estimate of drug-likeness (QED) is 0.361. The number of para-hydroxylation sites is 1. The Morgan fingerprint density at radius 3 is 2.40 bits per heavy atom. The number of anilines is 1. The Morgan fingerprint density at radius 1 is 1.10 bits per heavy atom. The van der Waals surface area contributed by atoms with E-state index in [4.69, 9.17) is 4.74 Å². The molecule has 0 unspecified atom stereocenters. The largest absolute Gasteiger partial charge is 0.484 e. The molecule has 0 aliphatic carbocycles. The average molecular weight is 536 g/mol. The smallest absolute Gasteiger partial charge is 0.422 e. The molecule has 2 aromatic rings. The Bertz CT molecular complexity index is 813. The Kier molecular flexibility index (Phi) is 8.93. The van der Waals surface area contributed by atoms with Crippen LogP contribution in [0, 0.1) is 0 Å². The fourth-order valence-electron chi connectivity index (χ4n) is 3.03. The summed E-state index contributed by atoms with van der Waals surface area (Å²) in [5.41, 5.74) is 0.634. The van der Waals surface area contributed by atoms with Gasteiger partial charge in [-0.3, -0.25) is 4.99 Å². The third-order valence-electron chi connectivity index (χ3n) is 4.43. The first-order chi connectivity index (χ1) is 14.0. The third kappa shape index (κ3) is 6.89. The summed E-state index contributed by atoms with van der Waals surface area (Å²) in [6.07, 6.45) is -0.945. The Morgan fingerprint density at radius 2 is 1.77 bits per heavy atom. The highest BCUT2D eigenvalue weighted by molar-refractivity contribution is 14.0. The van der Waals surface area contributed by atoms with Gasteiger partial charge in [0.15, 0.2) is 12.6 Å². The Balaban J connectivity index is 0.00000320. The van der Waals surface area contributed by atoms with Crippen LogP contribution in [-0.2, 0) is 6.54 Å². The number of hydrogen-bond donors (Lipinski definition) is 1. The van der Waals surface area contributed by atoms with Gasteiger partial charge in [0.2, 0.25) is 5.95 Å². The second kappa shape index (κ2) is 11.2. The zero-order valence-corrected chi connectivity index (χ0v) is 18.8. The zero-order chi connectivity index (χ0) is 20.7. The van der Waals surface area contributed by atoms with Crippen LogP contribution < -0.4 is 15.0 Å². The van der Waals surface area contributed by atoms with Gasteiger partial charge in [0.1, 0.15) is 5.75 Å². The molecule has 164 valence electrons. The van der Waals surface area contributed by atoms with E-state index in [1.165, 1.54) is 6.07 Å². The van der Waals surface area contributed by atoms with E-state index in [0.717, 1.165) is 26.2 Å². The SMILES string of the molecule is CN=C(NCc1ccccc1OCC(F)(F)F)N1CCN(c2ncccn2)CC1.I. The predicted molar refractivity (Wildman–Crippen MR) is 119 cm³/mol. The topological polar surface area (TPSA) is 65.9 Å². The summed E-state index contributed by atoms with van der Waals surface area (Å²) in [7, 11) is 1.68. The van der Waals surface area contributed by atoms with Crippen molar-refractivity contribution < 1.29 is 17.9 Å². The minimum atomic E-state index is -4.38. The van der Waals surface area contributed by atoms with Crippen molar-refractivity contribution in [2.45, 2.75) is 12.7 Å². The Hall–Kier alpha value is -2.31. The molecule has 7 nitrogen and oxygen atoms in total. The molecule has 1 fully saturated rings. The van der Waals surface area contributed by atoms with Crippen molar-refractivity contribution in [2.75, 3.05) is 44.7 Å². The van der Waals surface area contributed by atoms with Crippen LogP contribution >= 0.6 is 24.0 Å². The molecule has 1 aliphatic heterocycles. The number of guanidine groups is 1. The number of hydrogen-bond acceptors (Lipinski definition) is 5. The van der Waals surface area contributed by atoms with Crippen molar-refractivity contribution >= 4 is 35.9 Å². The molecule has 0 atom stereocenters. The molecule has 0 radical (unpaired) electrons. The van der Waals surface area contributed by atoms with Crippen LogP contribution in [0.15, 0.2) is 47.7 Å². The lowest BCUT2D eigenvalue weighted by molar-refractivity contribution is -0.153. The summed E-state index contributed by atoms with van der Waals surface area (Å²) in [5.74, 6) is 1.59. The number of aliphatic imine (C=N–C) groups is 1. The Labute approximate surface area is 190 Å².